The molecular weight excluding hydrogens is 263 g/mol. The second kappa shape index (κ2) is 5.25. The minimum absolute atomic E-state index is 0.00335. The Bertz CT molecular complexity index is 575. The Hall–Kier alpha value is -1.88. The van der Waals surface area contributed by atoms with E-state index in [1.54, 1.807) is 0 Å². The van der Waals surface area contributed by atoms with Gasteiger partial charge in [0.2, 0.25) is 0 Å². The molecule has 0 saturated carbocycles. The number of rotatable bonds is 3. The molecule has 0 bridgehead atoms. The molecule has 2 rings (SSSR count). The van der Waals surface area contributed by atoms with Gasteiger partial charge in [0.1, 0.15) is 5.82 Å². The molecule has 0 aliphatic heterocycles. The van der Waals surface area contributed by atoms with Gasteiger partial charge in [-0.25, -0.2) is 14.4 Å². The smallest absolute Gasteiger partial charge is 0.340 e. The molecule has 0 unspecified atom stereocenters. The number of ether oxygens (including phenoxy) is 1. The second-order valence-corrected chi connectivity index (χ2v) is 5.45. The van der Waals surface area contributed by atoms with Crippen LogP contribution in [0.2, 0.25) is 0 Å². The van der Waals surface area contributed by atoms with E-state index in [0.29, 0.717) is 5.56 Å². The molecule has 1 aromatic carbocycles. The summed E-state index contributed by atoms with van der Waals surface area (Å²) >= 11 is 0. The first-order chi connectivity index (χ1) is 9.40. The highest BCUT2D eigenvalue weighted by molar-refractivity contribution is 5.92. The summed E-state index contributed by atoms with van der Waals surface area (Å²) in [7, 11) is 1.19. The summed E-state index contributed by atoms with van der Waals surface area (Å²) in [4.78, 5) is 15.8. The predicted molar refractivity (Wildman–Crippen MR) is 72.0 cm³/mol. The Morgan fingerprint density at radius 1 is 1.40 bits per heavy atom. The first kappa shape index (κ1) is 14.5. The maximum Gasteiger partial charge on any atom is 0.340 e. The van der Waals surface area contributed by atoms with Crippen LogP contribution >= 0.6 is 0 Å². The standard InChI is InChI=1S/C15H17FO4/c1-15(2)6-4-5-11(15)9-7-10(14(17)19-3)12(16)8-13(9)20-18/h5,7-8,18H,4,6H2,1-3H3. The number of carbonyl (C=O) groups is 1. The van der Waals surface area contributed by atoms with Gasteiger partial charge in [-0.3, -0.25) is 0 Å². The van der Waals surface area contributed by atoms with E-state index >= 15 is 0 Å². The molecule has 1 aromatic rings. The van der Waals surface area contributed by atoms with Crippen molar-refractivity contribution in [2.75, 3.05) is 7.11 Å². The first-order valence-electron chi connectivity index (χ1n) is 6.35. The van der Waals surface area contributed by atoms with Crippen molar-refractivity contribution in [2.45, 2.75) is 26.7 Å². The van der Waals surface area contributed by atoms with Gasteiger partial charge in [-0.15, -0.1) is 0 Å². The van der Waals surface area contributed by atoms with Crippen LogP contribution in [0, 0.1) is 11.2 Å². The third kappa shape index (κ3) is 2.41. The third-order valence-electron chi connectivity index (χ3n) is 3.71. The number of hydrogen-bond donors (Lipinski definition) is 1. The van der Waals surface area contributed by atoms with Crippen LogP contribution in [0.4, 0.5) is 4.39 Å². The van der Waals surface area contributed by atoms with Crippen LogP contribution in [0.5, 0.6) is 5.75 Å². The van der Waals surface area contributed by atoms with E-state index < -0.39 is 11.8 Å². The molecule has 1 N–H and O–H groups in total. The molecule has 0 fully saturated rings. The monoisotopic (exact) mass is 280 g/mol. The van der Waals surface area contributed by atoms with E-state index in [1.807, 2.05) is 19.9 Å². The zero-order valence-electron chi connectivity index (χ0n) is 11.7. The third-order valence-corrected chi connectivity index (χ3v) is 3.71. The molecule has 0 saturated heterocycles. The van der Waals surface area contributed by atoms with Crippen molar-refractivity contribution in [3.05, 3.63) is 35.2 Å². The van der Waals surface area contributed by atoms with Crippen molar-refractivity contribution in [1.82, 2.24) is 0 Å². The fraction of sp³-hybridized carbons (Fsp3) is 0.400. The number of methoxy groups -OCH3 is 1. The van der Waals surface area contributed by atoms with Gasteiger partial charge in [-0.05, 0) is 29.9 Å². The quantitative estimate of drug-likeness (QED) is 0.521. The summed E-state index contributed by atoms with van der Waals surface area (Å²) in [5, 5.41) is 8.95. The van der Waals surface area contributed by atoms with E-state index in [-0.39, 0.29) is 16.7 Å². The number of esters is 1. The number of benzene rings is 1. The van der Waals surface area contributed by atoms with Crippen LogP contribution in [0.1, 0.15) is 42.6 Å². The van der Waals surface area contributed by atoms with E-state index in [0.717, 1.165) is 24.5 Å². The normalized spacial score (nSPS) is 16.8. The van der Waals surface area contributed by atoms with Crippen LogP contribution < -0.4 is 4.89 Å². The topological polar surface area (TPSA) is 55.8 Å². The highest BCUT2D eigenvalue weighted by Gasteiger charge is 2.31. The average Bonchev–Trinajstić information content (AvgIpc) is 2.77. The summed E-state index contributed by atoms with van der Waals surface area (Å²) in [6, 6.07) is 2.36. The Labute approximate surface area is 116 Å². The number of halogens is 1. The zero-order valence-corrected chi connectivity index (χ0v) is 11.7. The number of carbonyl (C=O) groups excluding carboxylic acids is 1. The van der Waals surface area contributed by atoms with Gasteiger partial charge >= 0.3 is 5.97 Å². The van der Waals surface area contributed by atoms with E-state index in [2.05, 4.69) is 9.62 Å². The van der Waals surface area contributed by atoms with Crippen molar-refractivity contribution in [1.29, 1.82) is 0 Å². The Morgan fingerprint density at radius 3 is 2.60 bits per heavy atom. The van der Waals surface area contributed by atoms with Crippen LogP contribution in [-0.2, 0) is 4.74 Å². The van der Waals surface area contributed by atoms with Crippen molar-refractivity contribution in [2.24, 2.45) is 5.41 Å². The minimum Gasteiger partial charge on any atom is -0.465 e. The minimum atomic E-state index is -0.791. The summed E-state index contributed by atoms with van der Waals surface area (Å²) in [5.41, 5.74) is 1.13. The van der Waals surface area contributed by atoms with Gasteiger partial charge < -0.3 is 9.62 Å². The molecule has 1 aliphatic carbocycles. The average molecular weight is 280 g/mol. The highest BCUT2D eigenvalue weighted by atomic mass is 19.1. The fourth-order valence-electron chi connectivity index (χ4n) is 2.57. The van der Waals surface area contributed by atoms with Crippen LogP contribution in [0.25, 0.3) is 5.57 Å². The summed E-state index contributed by atoms with van der Waals surface area (Å²) in [5.74, 6) is -1.55. The van der Waals surface area contributed by atoms with Crippen molar-refractivity contribution in [3.63, 3.8) is 0 Å². The Balaban J connectivity index is 2.60. The van der Waals surface area contributed by atoms with Crippen LogP contribution in [0.15, 0.2) is 18.2 Å². The zero-order chi connectivity index (χ0) is 14.9. The van der Waals surface area contributed by atoms with Gasteiger partial charge in [0.25, 0.3) is 0 Å². The lowest BCUT2D eigenvalue weighted by atomic mass is 9.81. The largest absolute Gasteiger partial charge is 0.465 e. The molecule has 0 spiro atoms. The van der Waals surface area contributed by atoms with Crippen molar-refractivity contribution in [3.8, 4) is 5.75 Å². The molecule has 5 heteroatoms. The van der Waals surface area contributed by atoms with E-state index in [1.165, 1.54) is 13.2 Å². The fourth-order valence-corrected chi connectivity index (χ4v) is 2.57. The lowest BCUT2D eigenvalue weighted by molar-refractivity contribution is -0.138. The molecule has 4 nitrogen and oxygen atoms in total. The molecule has 20 heavy (non-hydrogen) atoms. The second-order valence-electron chi connectivity index (χ2n) is 5.45. The SMILES string of the molecule is COC(=O)c1cc(C2=CCCC2(C)C)c(OO)cc1F. The molecular formula is C15H17FO4. The Morgan fingerprint density at radius 2 is 2.10 bits per heavy atom. The summed E-state index contributed by atoms with van der Waals surface area (Å²) < 4.78 is 18.4. The van der Waals surface area contributed by atoms with E-state index in [9.17, 15) is 9.18 Å². The van der Waals surface area contributed by atoms with E-state index in [4.69, 9.17) is 5.26 Å². The Kier molecular flexibility index (Phi) is 3.81. The molecule has 0 atom stereocenters. The van der Waals surface area contributed by atoms with Gasteiger partial charge in [0.15, 0.2) is 5.75 Å². The molecule has 108 valence electrons. The summed E-state index contributed by atoms with van der Waals surface area (Å²) in [6.45, 7) is 4.10. The molecule has 0 amide bonds. The van der Waals surface area contributed by atoms with Crippen molar-refractivity contribution < 1.29 is 24.1 Å². The molecule has 0 heterocycles. The maximum atomic E-state index is 13.8. The molecule has 0 radical (unpaired) electrons. The highest BCUT2D eigenvalue weighted by Crippen LogP contribution is 2.47. The lowest BCUT2D eigenvalue weighted by Gasteiger charge is -2.24. The van der Waals surface area contributed by atoms with Gasteiger partial charge in [-0.1, -0.05) is 19.9 Å². The van der Waals surface area contributed by atoms with Crippen LogP contribution in [-0.4, -0.2) is 18.3 Å². The maximum absolute atomic E-state index is 13.8. The molecule has 0 aromatic heterocycles. The lowest BCUT2D eigenvalue weighted by Crippen LogP contribution is -2.12. The predicted octanol–water partition coefficient (Wildman–Crippen LogP) is 3.67. The molecule has 1 aliphatic rings. The van der Waals surface area contributed by atoms with Gasteiger partial charge in [0.05, 0.1) is 12.7 Å². The van der Waals surface area contributed by atoms with Gasteiger partial charge in [0, 0.05) is 11.6 Å². The number of hydrogen-bond acceptors (Lipinski definition) is 4. The number of allylic oxidation sites excluding steroid dienone is 2. The van der Waals surface area contributed by atoms with Gasteiger partial charge in [-0.2, -0.15) is 0 Å². The van der Waals surface area contributed by atoms with Crippen molar-refractivity contribution >= 4 is 11.5 Å². The summed E-state index contributed by atoms with van der Waals surface area (Å²) in [6.07, 6.45) is 3.84. The van der Waals surface area contributed by atoms with Crippen LogP contribution in [0.3, 0.4) is 0 Å². The first-order valence-corrected chi connectivity index (χ1v) is 6.35.